The quantitative estimate of drug-likeness (QED) is 0.480. The van der Waals surface area contributed by atoms with Gasteiger partial charge in [-0.2, -0.15) is 0 Å². The van der Waals surface area contributed by atoms with Gasteiger partial charge in [-0.05, 0) is 6.42 Å². The molecule has 0 aromatic carbocycles. The minimum Gasteiger partial charge on any atom is -0.383 e. The first-order valence-corrected chi connectivity index (χ1v) is 5.00. The Labute approximate surface area is 80.8 Å². The lowest BCUT2D eigenvalue weighted by Crippen LogP contribution is -2.35. The molecule has 3 heteroatoms. The van der Waals surface area contributed by atoms with Gasteiger partial charge in [0.05, 0.1) is 6.61 Å². The van der Waals surface area contributed by atoms with Crippen molar-refractivity contribution < 1.29 is 4.74 Å². The molecule has 0 aromatic rings. The zero-order valence-corrected chi connectivity index (χ0v) is 8.46. The van der Waals surface area contributed by atoms with Crippen molar-refractivity contribution in [2.45, 2.75) is 6.42 Å². The van der Waals surface area contributed by atoms with Crippen molar-refractivity contribution in [3.63, 3.8) is 0 Å². The second kappa shape index (κ2) is 7.06. The van der Waals surface area contributed by atoms with Gasteiger partial charge in [0.15, 0.2) is 0 Å². The van der Waals surface area contributed by atoms with Crippen molar-refractivity contribution in [2.24, 2.45) is 0 Å². The summed E-state index contributed by atoms with van der Waals surface area (Å²) < 4.78 is 4.95. The molecule has 1 heterocycles. The Morgan fingerprint density at radius 2 is 2.31 bits per heavy atom. The molecule has 0 fully saturated rings. The highest BCUT2D eigenvalue weighted by atomic mass is 16.5. The molecule has 1 rings (SSSR count). The molecule has 0 unspecified atom stereocenters. The van der Waals surface area contributed by atoms with Gasteiger partial charge in [-0.1, -0.05) is 12.2 Å². The summed E-state index contributed by atoms with van der Waals surface area (Å²) in [5, 5.41) is 3.34. The van der Waals surface area contributed by atoms with E-state index >= 15 is 0 Å². The topological polar surface area (TPSA) is 24.5 Å². The lowest BCUT2D eigenvalue weighted by molar-refractivity contribution is 0.197. The summed E-state index contributed by atoms with van der Waals surface area (Å²) >= 11 is 0. The van der Waals surface area contributed by atoms with Gasteiger partial charge < -0.3 is 10.1 Å². The summed E-state index contributed by atoms with van der Waals surface area (Å²) in [7, 11) is 1.73. The maximum atomic E-state index is 4.95. The smallest absolute Gasteiger partial charge is 0.0587 e. The van der Waals surface area contributed by atoms with Crippen LogP contribution in [0, 0.1) is 0 Å². The normalized spacial score (nSPS) is 17.9. The van der Waals surface area contributed by atoms with Crippen LogP contribution < -0.4 is 5.32 Å². The van der Waals surface area contributed by atoms with E-state index < -0.39 is 0 Å². The summed E-state index contributed by atoms with van der Waals surface area (Å²) in [6.07, 6.45) is 5.71. The highest BCUT2D eigenvalue weighted by Crippen LogP contribution is 1.98. The molecule has 0 radical (unpaired) electrons. The number of methoxy groups -OCH3 is 1. The Bertz CT molecular complexity index is 148. The first-order chi connectivity index (χ1) is 6.43. The fourth-order valence-corrected chi connectivity index (χ4v) is 1.43. The van der Waals surface area contributed by atoms with Gasteiger partial charge in [0.2, 0.25) is 0 Å². The highest BCUT2D eigenvalue weighted by Gasteiger charge is 2.03. The van der Waals surface area contributed by atoms with E-state index in [1.165, 1.54) is 13.0 Å². The molecule has 0 bridgehead atoms. The molecule has 0 atom stereocenters. The minimum atomic E-state index is 0.805. The van der Waals surface area contributed by atoms with Crippen molar-refractivity contribution in [1.29, 1.82) is 0 Å². The van der Waals surface area contributed by atoms with Crippen molar-refractivity contribution in [3.05, 3.63) is 12.2 Å². The zero-order chi connectivity index (χ0) is 9.36. The van der Waals surface area contributed by atoms with Crippen LogP contribution in [0.4, 0.5) is 0 Å². The largest absolute Gasteiger partial charge is 0.383 e. The Kier molecular flexibility index (Phi) is 5.81. The van der Waals surface area contributed by atoms with Crippen LogP contribution in [-0.2, 0) is 4.74 Å². The van der Waals surface area contributed by atoms with Crippen molar-refractivity contribution in [3.8, 4) is 0 Å². The Morgan fingerprint density at radius 3 is 3.00 bits per heavy atom. The predicted molar refractivity (Wildman–Crippen MR) is 54.9 cm³/mol. The zero-order valence-electron chi connectivity index (χ0n) is 8.46. The Hall–Kier alpha value is -0.380. The lowest BCUT2D eigenvalue weighted by atomic mass is 10.2. The SMILES string of the molecule is COCCNCCN1CC=CCC1. The molecule has 13 heavy (non-hydrogen) atoms. The van der Waals surface area contributed by atoms with Crippen LogP contribution in [0.2, 0.25) is 0 Å². The molecule has 3 nitrogen and oxygen atoms in total. The van der Waals surface area contributed by atoms with Crippen LogP contribution in [0.5, 0.6) is 0 Å². The van der Waals surface area contributed by atoms with Gasteiger partial charge in [0, 0.05) is 39.8 Å². The molecule has 0 saturated carbocycles. The summed E-state index contributed by atoms with van der Waals surface area (Å²) in [5.41, 5.74) is 0. The van der Waals surface area contributed by atoms with Crippen molar-refractivity contribution in [2.75, 3.05) is 46.4 Å². The molecule has 1 aliphatic heterocycles. The van der Waals surface area contributed by atoms with Gasteiger partial charge in [0.1, 0.15) is 0 Å². The number of rotatable bonds is 6. The van der Waals surface area contributed by atoms with Crippen molar-refractivity contribution >= 4 is 0 Å². The molecule has 0 spiro atoms. The van der Waals surface area contributed by atoms with Crippen LogP contribution >= 0.6 is 0 Å². The Morgan fingerprint density at radius 1 is 1.38 bits per heavy atom. The van der Waals surface area contributed by atoms with E-state index in [0.29, 0.717) is 0 Å². The highest BCUT2D eigenvalue weighted by molar-refractivity contribution is 4.90. The maximum Gasteiger partial charge on any atom is 0.0587 e. The van der Waals surface area contributed by atoms with Crippen LogP contribution in [0.15, 0.2) is 12.2 Å². The van der Waals surface area contributed by atoms with E-state index in [-0.39, 0.29) is 0 Å². The third kappa shape index (κ3) is 5.03. The molecule has 1 aliphatic rings. The first-order valence-electron chi connectivity index (χ1n) is 5.00. The van der Waals surface area contributed by atoms with Crippen LogP contribution in [0.25, 0.3) is 0 Å². The third-order valence-corrected chi connectivity index (χ3v) is 2.23. The van der Waals surface area contributed by atoms with Gasteiger partial charge in [-0.15, -0.1) is 0 Å². The average molecular weight is 184 g/mol. The summed E-state index contributed by atoms with van der Waals surface area (Å²) in [4.78, 5) is 2.46. The second-order valence-corrected chi connectivity index (χ2v) is 3.30. The van der Waals surface area contributed by atoms with E-state index in [4.69, 9.17) is 4.74 Å². The monoisotopic (exact) mass is 184 g/mol. The Balaban J connectivity index is 1.90. The molecular weight excluding hydrogens is 164 g/mol. The molecular formula is C10H20N2O. The van der Waals surface area contributed by atoms with Gasteiger partial charge in [-0.3, -0.25) is 4.90 Å². The van der Waals surface area contributed by atoms with Gasteiger partial charge in [0.25, 0.3) is 0 Å². The summed E-state index contributed by atoms with van der Waals surface area (Å²) in [5.74, 6) is 0. The summed E-state index contributed by atoms with van der Waals surface area (Å²) in [6.45, 7) is 6.31. The standard InChI is InChI=1S/C10H20N2O/c1-13-10-6-11-5-9-12-7-3-2-4-8-12/h2-3,11H,4-10H2,1H3. The third-order valence-electron chi connectivity index (χ3n) is 2.23. The fraction of sp³-hybridized carbons (Fsp3) is 0.800. The van der Waals surface area contributed by atoms with Crippen LogP contribution in [0.1, 0.15) is 6.42 Å². The van der Waals surface area contributed by atoms with Gasteiger partial charge in [-0.25, -0.2) is 0 Å². The molecule has 76 valence electrons. The lowest BCUT2D eigenvalue weighted by Gasteiger charge is -2.22. The average Bonchev–Trinajstić information content (AvgIpc) is 2.19. The predicted octanol–water partition coefficient (Wildman–Crippen LogP) is 0.484. The first kappa shape index (κ1) is 10.7. The number of nitrogens with zero attached hydrogens (tertiary/aromatic N) is 1. The number of hydrogen-bond acceptors (Lipinski definition) is 3. The van der Waals surface area contributed by atoms with E-state index in [1.807, 2.05) is 0 Å². The number of nitrogens with one attached hydrogen (secondary N) is 1. The summed E-state index contributed by atoms with van der Waals surface area (Å²) in [6, 6.07) is 0. The minimum absolute atomic E-state index is 0.805. The van der Waals surface area contributed by atoms with E-state index in [1.54, 1.807) is 7.11 Å². The van der Waals surface area contributed by atoms with E-state index in [9.17, 15) is 0 Å². The maximum absolute atomic E-state index is 4.95. The molecule has 1 N–H and O–H groups in total. The molecule has 0 amide bonds. The molecule has 0 aliphatic carbocycles. The number of hydrogen-bond donors (Lipinski definition) is 1. The molecule has 0 saturated heterocycles. The number of ether oxygens (including phenoxy) is 1. The van der Waals surface area contributed by atoms with Crippen molar-refractivity contribution in [1.82, 2.24) is 10.2 Å². The second-order valence-electron chi connectivity index (χ2n) is 3.30. The van der Waals surface area contributed by atoms with E-state index in [2.05, 4.69) is 22.4 Å². The fourth-order valence-electron chi connectivity index (χ4n) is 1.43. The van der Waals surface area contributed by atoms with E-state index in [0.717, 1.165) is 32.8 Å². The van der Waals surface area contributed by atoms with Crippen LogP contribution in [0.3, 0.4) is 0 Å². The molecule has 0 aromatic heterocycles. The van der Waals surface area contributed by atoms with Gasteiger partial charge >= 0.3 is 0 Å². The van der Waals surface area contributed by atoms with Crippen LogP contribution in [-0.4, -0.2) is 51.3 Å².